The summed E-state index contributed by atoms with van der Waals surface area (Å²) in [6.45, 7) is 3.61. The zero-order valence-electron chi connectivity index (χ0n) is 14.4. The zero-order valence-corrected chi connectivity index (χ0v) is 14.4. The van der Waals surface area contributed by atoms with Crippen LogP contribution in [-0.4, -0.2) is 30.7 Å². The summed E-state index contributed by atoms with van der Waals surface area (Å²) in [6.07, 6.45) is -4.81. The van der Waals surface area contributed by atoms with E-state index >= 15 is 0 Å². The molecule has 3 N–H and O–H groups in total. The highest BCUT2D eigenvalue weighted by Gasteiger charge is 2.36. The summed E-state index contributed by atoms with van der Waals surface area (Å²) >= 11 is 0. The van der Waals surface area contributed by atoms with E-state index < -0.39 is 28.9 Å². The van der Waals surface area contributed by atoms with E-state index in [4.69, 9.17) is 15.2 Å². The Kier molecular flexibility index (Phi) is 4.73. The van der Waals surface area contributed by atoms with Crippen LogP contribution in [0.5, 0.6) is 5.75 Å². The highest BCUT2D eigenvalue weighted by molar-refractivity contribution is 5.93. The molecule has 0 aliphatic carbocycles. The largest absolute Gasteiger partial charge is 0.493 e. The third-order valence-electron chi connectivity index (χ3n) is 4.24. The number of primary amides is 1. The summed E-state index contributed by atoms with van der Waals surface area (Å²) < 4.78 is 50.7. The van der Waals surface area contributed by atoms with E-state index in [2.05, 4.69) is 0 Å². The molecule has 1 fully saturated rings. The molecule has 2 aromatic rings. The summed E-state index contributed by atoms with van der Waals surface area (Å²) in [6, 6.07) is 6.73. The second kappa shape index (κ2) is 6.73. The van der Waals surface area contributed by atoms with Crippen LogP contribution in [0.15, 0.2) is 35.1 Å². The van der Waals surface area contributed by atoms with Gasteiger partial charge in [-0.3, -0.25) is 9.59 Å². The number of benzene rings is 1. The highest BCUT2D eigenvalue weighted by atomic mass is 19.4. The van der Waals surface area contributed by atoms with E-state index in [0.29, 0.717) is 25.6 Å². The monoisotopic (exact) mass is 382 g/mol. The van der Waals surface area contributed by atoms with Gasteiger partial charge in [-0.1, -0.05) is 19.1 Å². The fourth-order valence-electron chi connectivity index (χ4n) is 2.69. The predicted octanol–water partition coefficient (Wildman–Crippen LogP) is 2.57. The topological polar surface area (TPSA) is 94.4 Å². The molecule has 9 heteroatoms. The number of aromatic amines is 1. The molecule has 144 valence electrons. The van der Waals surface area contributed by atoms with E-state index in [9.17, 15) is 22.8 Å². The molecule has 0 saturated carbocycles. The molecule has 0 unspecified atom stereocenters. The van der Waals surface area contributed by atoms with Gasteiger partial charge in [0.2, 0.25) is 0 Å². The molecular formula is C18H17F3N2O4. The van der Waals surface area contributed by atoms with E-state index in [-0.39, 0.29) is 16.5 Å². The van der Waals surface area contributed by atoms with Crippen LogP contribution in [0.1, 0.15) is 23.0 Å². The summed E-state index contributed by atoms with van der Waals surface area (Å²) in [5, 5.41) is 0. The van der Waals surface area contributed by atoms with Crippen molar-refractivity contribution < 1.29 is 27.4 Å². The lowest BCUT2D eigenvalue weighted by molar-refractivity contribution is -0.140. The van der Waals surface area contributed by atoms with Crippen LogP contribution in [0.3, 0.4) is 0 Å². The lowest BCUT2D eigenvalue weighted by atomic mass is 9.90. The quantitative estimate of drug-likeness (QED) is 0.831. The normalized spacial score (nSPS) is 15.9. The van der Waals surface area contributed by atoms with Gasteiger partial charge in [-0.15, -0.1) is 0 Å². The molecule has 2 heterocycles. The van der Waals surface area contributed by atoms with Gasteiger partial charge in [0.25, 0.3) is 11.5 Å². The van der Waals surface area contributed by atoms with Crippen LogP contribution in [0.4, 0.5) is 13.2 Å². The molecule has 1 amide bonds. The minimum absolute atomic E-state index is 0.0720. The number of amides is 1. The first kappa shape index (κ1) is 19.0. The Balaban J connectivity index is 1.93. The van der Waals surface area contributed by atoms with Crippen molar-refractivity contribution in [3.05, 3.63) is 51.9 Å². The van der Waals surface area contributed by atoms with Crippen LogP contribution in [-0.2, 0) is 10.9 Å². The van der Waals surface area contributed by atoms with E-state index in [1.54, 1.807) is 4.98 Å². The molecule has 3 rings (SSSR count). The molecule has 1 aliphatic rings. The molecular weight excluding hydrogens is 365 g/mol. The number of aromatic nitrogens is 1. The number of nitrogens with one attached hydrogen (secondary N) is 1. The highest BCUT2D eigenvalue weighted by Crippen LogP contribution is 2.36. The summed E-state index contributed by atoms with van der Waals surface area (Å²) in [7, 11) is 0. The van der Waals surface area contributed by atoms with Gasteiger partial charge >= 0.3 is 6.18 Å². The Bertz CT molecular complexity index is 916. The van der Waals surface area contributed by atoms with Gasteiger partial charge in [0, 0.05) is 11.0 Å². The van der Waals surface area contributed by atoms with Crippen molar-refractivity contribution in [2.75, 3.05) is 19.8 Å². The molecule has 0 atom stereocenters. The van der Waals surface area contributed by atoms with Gasteiger partial charge in [-0.05, 0) is 23.8 Å². The van der Waals surface area contributed by atoms with Gasteiger partial charge in [0.15, 0.2) is 0 Å². The van der Waals surface area contributed by atoms with Gasteiger partial charge in [0.05, 0.1) is 19.8 Å². The molecule has 1 aromatic heterocycles. The third kappa shape index (κ3) is 3.97. The van der Waals surface area contributed by atoms with Gasteiger partial charge < -0.3 is 20.2 Å². The molecule has 0 radical (unpaired) electrons. The predicted molar refractivity (Wildman–Crippen MR) is 90.4 cm³/mol. The van der Waals surface area contributed by atoms with Crippen LogP contribution >= 0.6 is 0 Å². The molecule has 1 aromatic carbocycles. The van der Waals surface area contributed by atoms with Crippen molar-refractivity contribution in [3.8, 4) is 16.9 Å². The SMILES string of the molecule is CC1(COc2ccc(-c3cc(C(N)=O)c(=O)[nH]c3C(F)(F)F)cc2)COC1. The number of pyridine rings is 1. The average Bonchev–Trinajstić information content (AvgIpc) is 2.57. The summed E-state index contributed by atoms with van der Waals surface area (Å²) in [5.74, 6) is -0.623. The number of nitrogens with two attached hydrogens (primary N) is 1. The fourth-order valence-corrected chi connectivity index (χ4v) is 2.69. The Morgan fingerprint density at radius 3 is 2.41 bits per heavy atom. The van der Waals surface area contributed by atoms with Crippen molar-refractivity contribution in [1.29, 1.82) is 0 Å². The minimum atomic E-state index is -4.81. The number of carbonyl (C=O) groups is 1. The molecule has 6 nitrogen and oxygen atoms in total. The maximum atomic E-state index is 13.3. The van der Waals surface area contributed by atoms with Crippen LogP contribution in [0, 0.1) is 5.41 Å². The Labute approximate surface area is 152 Å². The van der Waals surface area contributed by atoms with E-state index in [1.807, 2.05) is 6.92 Å². The first-order valence-electron chi connectivity index (χ1n) is 8.04. The van der Waals surface area contributed by atoms with E-state index in [1.165, 1.54) is 24.3 Å². The molecule has 1 saturated heterocycles. The van der Waals surface area contributed by atoms with Crippen molar-refractivity contribution in [1.82, 2.24) is 4.98 Å². The van der Waals surface area contributed by atoms with Crippen molar-refractivity contribution >= 4 is 5.91 Å². The van der Waals surface area contributed by atoms with Crippen LogP contribution in [0.2, 0.25) is 0 Å². The molecule has 27 heavy (non-hydrogen) atoms. The number of ether oxygens (including phenoxy) is 2. The number of hydrogen-bond acceptors (Lipinski definition) is 4. The Morgan fingerprint density at radius 1 is 1.30 bits per heavy atom. The number of H-pyrrole nitrogens is 1. The molecule has 1 aliphatic heterocycles. The minimum Gasteiger partial charge on any atom is -0.493 e. The maximum absolute atomic E-state index is 13.3. The number of halogens is 3. The Hall–Kier alpha value is -2.81. The first-order valence-corrected chi connectivity index (χ1v) is 8.04. The number of rotatable bonds is 5. The number of hydrogen-bond donors (Lipinski definition) is 2. The number of alkyl halides is 3. The summed E-state index contributed by atoms with van der Waals surface area (Å²) in [5.41, 5.74) is 1.84. The Morgan fingerprint density at radius 2 is 1.93 bits per heavy atom. The fraction of sp³-hybridized carbons (Fsp3) is 0.333. The number of carbonyl (C=O) groups excluding carboxylic acids is 1. The van der Waals surface area contributed by atoms with Crippen molar-refractivity contribution in [3.63, 3.8) is 0 Å². The van der Waals surface area contributed by atoms with Crippen LogP contribution < -0.4 is 16.0 Å². The van der Waals surface area contributed by atoms with Crippen molar-refractivity contribution in [2.45, 2.75) is 13.1 Å². The summed E-state index contributed by atoms with van der Waals surface area (Å²) in [4.78, 5) is 24.7. The standard InChI is InChI=1S/C18H17F3N2O4/c1-17(7-26-8-17)9-27-11-4-2-10(3-5-11)12-6-13(15(22)24)16(25)23-14(12)18(19,20)21/h2-6H,7-9H2,1H3,(H2,22,24)(H,23,25). The second-order valence-corrected chi connectivity index (χ2v) is 6.78. The average molecular weight is 382 g/mol. The molecule has 0 bridgehead atoms. The van der Waals surface area contributed by atoms with Gasteiger partial charge in [-0.25, -0.2) is 0 Å². The lowest BCUT2D eigenvalue weighted by Crippen LogP contribution is -2.44. The lowest BCUT2D eigenvalue weighted by Gasteiger charge is -2.37. The molecule has 0 spiro atoms. The van der Waals surface area contributed by atoms with E-state index in [0.717, 1.165) is 6.07 Å². The third-order valence-corrected chi connectivity index (χ3v) is 4.24. The smallest absolute Gasteiger partial charge is 0.431 e. The first-order chi connectivity index (χ1) is 12.6. The van der Waals surface area contributed by atoms with Gasteiger partial charge in [0.1, 0.15) is 17.0 Å². The van der Waals surface area contributed by atoms with Crippen molar-refractivity contribution in [2.24, 2.45) is 11.1 Å². The second-order valence-electron chi connectivity index (χ2n) is 6.78. The zero-order chi connectivity index (χ0) is 19.8. The van der Waals surface area contributed by atoms with Gasteiger partial charge in [-0.2, -0.15) is 13.2 Å². The van der Waals surface area contributed by atoms with Crippen LogP contribution in [0.25, 0.3) is 11.1 Å². The maximum Gasteiger partial charge on any atom is 0.431 e.